The minimum atomic E-state index is -0.279. The average Bonchev–Trinajstić information content (AvgIpc) is 3.25. The van der Waals surface area contributed by atoms with Crippen LogP contribution in [0.1, 0.15) is 21.7 Å². The van der Waals surface area contributed by atoms with Crippen LogP contribution in [-0.2, 0) is 13.2 Å². The number of hydrogen-bond acceptors (Lipinski definition) is 5. The molecule has 152 valence electrons. The van der Waals surface area contributed by atoms with Crippen LogP contribution < -0.4 is 15.0 Å². The summed E-state index contributed by atoms with van der Waals surface area (Å²) in [6.45, 7) is 0.620. The minimum Gasteiger partial charge on any atom is -0.489 e. The first kappa shape index (κ1) is 19.5. The number of rotatable bonds is 7. The number of para-hydroxylation sites is 2. The van der Waals surface area contributed by atoms with Gasteiger partial charge in [-0.05, 0) is 35.9 Å². The van der Waals surface area contributed by atoms with Crippen LogP contribution in [0.25, 0.3) is 10.9 Å². The molecule has 0 aliphatic carbocycles. The van der Waals surface area contributed by atoms with Crippen molar-refractivity contribution in [1.82, 2.24) is 10.3 Å². The topological polar surface area (TPSA) is 67.6 Å². The number of benzene rings is 2. The van der Waals surface area contributed by atoms with Crippen LogP contribution in [0.2, 0.25) is 0 Å². The van der Waals surface area contributed by atoms with Gasteiger partial charge in [0.1, 0.15) is 18.2 Å². The van der Waals surface area contributed by atoms with Crippen LogP contribution in [0, 0.1) is 0 Å². The largest absolute Gasteiger partial charge is 0.489 e. The van der Waals surface area contributed by atoms with Crippen molar-refractivity contribution in [2.75, 3.05) is 19.0 Å². The molecule has 4 aromatic rings. The Morgan fingerprint density at radius 3 is 2.60 bits per heavy atom. The van der Waals surface area contributed by atoms with Gasteiger partial charge in [0.15, 0.2) is 5.76 Å². The number of carbonyl (C=O) groups is 1. The smallest absolute Gasteiger partial charge is 0.287 e. The number of nitrogens with zero attached hydrogens (tertiary/aromatic N) is 2. The monoisotopic (exact) mass is 401 g/mol. The van der Waals surface area contributed by atoms with E-state index in [2.05, 4.69) is 10.3 Å². The maximum Gasteiger partial charge on any atom is 0.287 e. The van der Waals surface area contributed by atoms with Crippen LogP contribution in [0.5, 0.6) is 5.75 Å². The lowest BCUT2D eigenvalue weighted by molar-refractivity contribution is 0.0920. The number of fused-ring (bicyclic) bond motifs is 1. The molecule has 6 nitrogen and oxygen atoms in total. The minimum absolute atomic E-state index is 0.256. The molecule has 0 aliphatic heterocycles. The fraction of sp³-hybridized carbons (Fsp3) is 0.167. The lowest BCUT2D eigenvalue weighted by atomic mass is 10.1. The first-order valence-corrected chi connectivity index (χ1v) is 9.70. The van der Waals surface area contributed by atoms with E-state index in [0.717, 1.165) is 28.0 Å². The molecule has 30 heavy (non-hydrogen) atoms. The van der Waals surface area contributed by atoms with E-state index in [1.54, 1.807) is 6.07 Å². The summed E-state index contributed by atoms with van der Waals surface area (Å²) >= 11 is 0. The molecule has 0 atom stereocenters. The third kappa shape index (κ3) is 4.27. The van der Waals surface area contributed by atoms with Crippen LogP contribution >= 0.6 is 0 Å². The third-order valence-corrected chi connectivity index (χ3v) is 4.78. The first-order valence-electron chi connectivity index (χ1n) is 9.70. The van der Waals surface area contributed by atoms with Crippen molar-refractivity contribution in [2.24, 2.45) is 0 Å². The summed E-state index contributed by atoms with van der Waals surface area (Å²) in [5.41, 5.74) is 2.58. The second-order valence-corrected chi connectivity index (χ2v) is 7.11. The Balaban J connectivity index is 1.49. The first-order chi connectivity index (χ1) is 14.6. The quantitative estimate of drug-likeness (QED) is 0.497. The van der Waals surface area contributed by atoms with Crippen LogP contribution in [0.4, 0.5) is 5.82 Å². The van der Waals surface area contributed by atoms with Gasteiger partial charge in [-0.25, -0.2) is 4.98 Å². The molecule has 0 spiro atoms. The van der Waals surface area contributed by atoms with Crippen molar-refractivity contribution in [2.45, 2.75) is 13.2 Å². The van der Waals surface area contributed by atoms with E-state index >= 15 is 0 Å². The number of amides is 1. The summed E-state index contributed by atoms with van der Waals surface area (Å²) in [7, 11) is 3.89. The van der Waals surface area contributed by atoms with Gasteiger partial charge in [0.2, 0.25) is 0 Å². The number of carbonyl (C=O) groups excluding carboxylic acids is 1. The van der Waals surface area contributed by atoms with E-state index in [-0.39, 0.29) is 18.3 Å². The van der Waals surface area contributed by atoms with Gasteiger partial charge in [-0.3, -0.25) is 4.79 Å². The zero-order valence-electron chi connectivity index (χ0n) is 17.0. The zero-order chi connectivity index (χ0) is 20.9. The maximum absolute atomic E-state index is 12.8. The lowest BCUT2D eigenvalue weighted by Gasteiger charge is -2.15. The second kappa shape index (κ2) is 8.69. The SMILES string of the molecule is CN(C)c1cc(CNC(=O)c2occc2COc2ccccc2)c2ccccc2n1. The summed E-state index contributed by atoms with van der Waals surface area (Å²) in [6, 6.07) is 21.1. The molecule has 4 rings (SSSR count). The molecule has 1 N–H and O–H groups in total. The van der Waals surface area contributed by atoms with Gasteiger partial charge in [0.05, 0.1) is 11.8 Å². The van der Waals surface area contributed by atoms with E-state index in [1.165, 1.54) is 6.26 Å². The lowest BCUT2D eigenvalue weighted by Crippen LogP contribution is -2.24. The van der Waals surface area contributed by atoms with Crippen molar-refractivity contribution in [3.05, 3.63) is 89.9 Å². The van der Waals surface area contributed by atoms with Gasteiger partial charge in [0.25, 0.3) is 5.91 Å². The third-order valence-electron chi connectivity index (χ3n) is 4.78. The van der Waals surface area contributed by atoms with Crippen molar-refractivity contribution < 1.29 is 13.9 Å². The van der Waals surface area contributed by atoms with Crippen molar-refractivity contribution >= 4 is 22.6 Å². The second-order valence-electron chi connectivity index (χ2n) is 7.11. The van der Waals surface area contributed by atoms with Crippen LogP contribution in [0.15, 0.2) is 77.4 Å². The molecule has 0 saturated carbocycles. The van der Waals surface area contributed by atoms with E-state index in [1.807, 2.05) is 79.7 Å². The molecule has 1 amide bonds. The van der Waals surface area contributed by atoms with Crippen LogP contribution in [-0.4, -0.2) is 25.0 Å². The van der Waals surface area contributed by atoms with Crippen LogP contribution in [0.3, 0.4) is 0 Å². The number of anilines is 1. The molecule has 2 aromatic heterocycles. The standard InChI is InChI=1S/C24H23N3O3/c1-27(2)22-14-18(20-10-6-7-11-21(20)26-22)15-25-24(28)23-17(12-13-29-23)16-30-19-8-4-3-5-9-19/h3-14H,15-16H2,1-2H3,(H,25,28). The Morgan fingerprint density at radius 2 is 1.80 bits per heavy atom. The Hall–Kier alpha value is -3.80. The predicted octanol–water partition coefficient (Wildman–Crippen LogP) is 4.40. The number of pyridine rings is 1. The fourth-order valence-electron chi connectivity index (χ4n) is 3.19. The number of nitrogens with one attached hydrogen (secondary N) is 1. The Bertz CT molecular complexity index is 1150. The van der Waals surface area contributed by atoms with Gasteiger partial charge in [-0.1, -0.05) is 36.4 Å². The number of hydrogen-bond donors (Lipinski definition) is 1. The summed E-state index contributed by atoms with van der Waals surface area (Å²) in [4.78, 5) is 19.4. The molecule has 2 heterocycles. The summed E-state index contributed by atoms with van der Waals surface area (Å²) in [6.07, 6.45) is 1.50. The van der Waals surface area contributed by atoms with Crippen molar-refractivity contribution in [1.29, 1.82) is 0 Å². The predicted molar refractivity (Wildman–Crippen MR) is 117 cm³/mol. The molecule has 0 aliphatic rings. The molecule has 0 radical (unpaired) electrons. The molecule has 0 saturated heterocycles. The Morgan fingerprint density at radius 1 is 1.03 bits per heavy atom. The van der Waals surface area contributed by atoms with Gasteiger partial charge in [-0.2, -0.15) is 0 Å². The Kier molecular flexibility index (Phi) is 5.66. The molecule has 0 unspecified atom stereocenters. The summed E-state index contributed by atoms with van der Waals surface area (Å²) in [5.74, 6) is 1.56. The molecule has 6 heteroatoms. The van der Waals surface area contributed by atoms with Crippen molar-refractivity contribution in [3.63, 3.8) is 0 Å². The molecule has 0 bridgehead atoms. The van der Waals surface area contributed by atoms with Gasteiger partial charge >= 0.3 is 0 Å². The summed E-state index contributed by atoms with van der Waals surface area (Å²) < 4.78 is 11.2. The highest BCUT2D eigenvalue weighted by Crippen LogP contribution is 2.22. The highest BCUT2D eigenvalue weighted by molar-refractivity contribution is 5.93. The number of ether oxygens (including phenoxy) is 1. The molecular weight excluding hydrogens is 378 g/mol. The fourth-order valence-corrected chi connectivity index (χ4v) is 3.19. The zero-order valence-corrected chi connectivity index (χ0v) is 17.0. The van der Waals surface area contributed by atoms with Crippen molar-refractivity contribution in [3.8, 4) is 5.75 Å². The normalized spacial score (nSPS) is 10.7. The molecular formula is C24H23N3O3. The number of furan rings is 1. The van der Waals surface area contributed by atoms with Gasteiger partial charge in [0, 0.05) is 31.6 Å². The maximum atomic E-state index is 12.8. The molecule has 2 aromatic carbocycles. The van der Waals surface area contributed by atoms with E-state index in [0.29, 0.717) is 12.1 Å². The average molecular weight is 401 g/mol. The molecule has 0 fully saturated rings. The Labute approximate surface area is 175 Å². The van der Waals surface area contributed by atoms with Gasteiger partial charge < -0.3 is 19.4 Å². The van der Waals surface area contributed by atoms with E-state index in [4.69, 9.17) is 9.15 Å². The van der Waals surface area contributed by atoms with E-state index < -0.39 is 0 Å². The van der Waals surface area contributed by atoms with Gasteiger partial charge in [-0.15, -0.1) is 0 Å². The highest BCUT2D eigenvalue weighted by Gasteiger charge is 2.17. The highest BCUT2D eigenvalue weighted by atomic mass is 16.5. The number of aromatic nitrogens is 1. The van der Waals surface area contributed by atoms with E-state index in [9.17, 15) is 4.79 Å². The summed E-state index contributed by atoms with van der Waals surface area (Å²) in [5, 5.41) is 3.97.